The first-order valence-electron chi connectivity index (χ1n) is 7.79. The lowest BCUT2D eigenvalue weighted by Crippen LogP contribution is -2.23. The average molecular weight is 327 g/mol. The summed E-state index contributed by atoms with van der Waals surface area (Å²) in [5.74, 6) is 0.135. The molecule has 0 aliphatic heterocycles. The lowest BCUT2D eigenvalue weighted by atomic mass is 10.2. The Kier molecular flexibility index (Phi) is 5.89. The maximum atomic E-state index is 12.4. The van der Waals surface area contributed by atoms with Crippen LogP contribution in [0, 0.1) is 0 Å². The first-order chi connectivity index (χ1) is 11.6. The fourth-order valence-electron chi connectivity index (χ4n) is 2.29. The highest BCUT2D eigenvalue weighted by molar-refractivity contribution is 6.04. The van der Waals surface area contributed by atoms with Crippen molar-refractivity contribution in [2.24, 2.45) is 0 Å². The smallest absolute Gasteiger partial charge is 0.337 e. The molecule has 1 heterocycles. The standard InChI is InChI=1S/C18H21N3O3/c1-4-21(5-2)16-12-14(10-11-19-16)17(22)20-15-8-6-13(7-9-15)18(23)24-3/h6-12H,4-5H2,1-3H3,(H,20,22). The molecule has 0 atom stereocenters. The van der Waals surface area contributed by atoms with Crippen LogP contribution in [0.1, 0.15) is 34.6 Å². The zero-order valence-corrected chi connectivity index (χ0v) is 14.1. The summed E-state index contributed by atoms with van der Waals surface area (Å²) in [7, 11) is 1.33. The third kappa shape index (κ3) is 4.10. The third-order valence-corrected chi connectivity index (χ3v) is 3.66. The minimum absolute atomic E-state index is 0.225. The number of pyridine rings is 1. The highest BCUT2D eigenvalue weighted by Crippen LogP contribution is 2.15. The molecular weight excluding hydrogens is 306 g/mol. The van der Waals surface area contributed by atoms with Gasteiger partial charge in [0.1, 0.15) is 5.82 Å². The quantitative estimate of drug-likeness (QED) is 0.826. The lowest BCUT2D eigenvalue weighted by Gasteiger charge is -2.20. The molecule has 1 amide bonds. The lowest BCUT2D eigenvalue weighted by molar-refractivity contribution is 0.0600. The fourth-order valence-corrected chi connectivity index (χ4v) is 2.29. The van der Waals surface area contributed by atoms with E-state index in [1.165, 1.54) is 7.11 Å². The van der Waals surface area contributed by atoms with Gasteiger partial charge in [0.05, 0.1) is 12.7 Å². The van der Waals surface area contributed by atoms with Gasteiger partial charge in [0.25, 0.3) is 5.91 Å². The number of ether oxygens (including phenoxy) is 1. The Morgan fingerprint density at radius 1 is 1.08 bits per heavy atom. The van der Waals surface area contributed by atoms with Gasteiger partial charge < -0.3 is 15.0 Å². The minimum Gasteiger partial charge on any atom is -0.465 e. The van der Waals surface area contributed by atoms with Gasteiger partial charge in [-0.1, -0.05) is 0 Å². The molecule has 0 saturated heterocycles. The number of esters is 1. The zero-order chi connectivity index (χ0) is 17.5. The molecule has 0 spiro atoms. The van der Waals surface area contributed by atoms with Crippen molar-refractivity contribution in [3.63, 3.8) is 0 Å². The summed E-state index contributed by atoms with van der Waals surface area (Å²) in [5, 5.41) is 2.81. The van der Waals surface area contributed by atoms with Gasteiger partial charge in [-0.05, 0) is 50.2 Å². The summed E-state index contributed by atoms with van der Waals surface area (Å²) in [5.41, 5.74) is 1.57. The van der Waals surface area contributed by atoms with Gasteiger partial charge >= 0.3 is 5.97 Å². The van der Waals surface area contributed by atoms with E-state index in [9.17, 15) is 9.59 Å². The van der Waals surface area contributed by atoms with Crippen LogP contribution in [0.2, 0.25) is 0 Å². The molecule has 1 aromatic heterocycles. The Balaban J connectivity index is 2.12. The first-order valence-corrected chi connectivity index (χ1v) is 7.79. The number of nitrogens with one attached hydrogen (secondary N) is 1. The summed E-state index contributed by atoms with van der Waals surface area (Å²) in [6, 6.07) is 9.98. The molecule has 0 aliphatic carbocycles. The van der Waals surface area contributed by atoms with Gasteiger partial charge in [0, 0.05) is 30.5 Å². The molecular formula is C18H21N3O3. The van der Waals surface area contributed by atoms with E-state index in [2.05, 4.69) is 19.9 Å². The van der Waals surface area contributed by atoms with E-state index < -0.39 is 5.97 Å². The van der Waals surface area contributed by atoms with Crippen molar-refractivity contribution < 1.29 is 14.3 Å². The van der Waals surface area contributed by atoms with Gasteiger partial charge in [0.15, 0.2) is 0 Å². The molecule has 0 aliphatic rings. The SMILES string of the molecule is CCN(CC)c1cc(C(=O)Nc2ccc(C(=O)OC)cc2)ccn1. The van der Waals surface area contributed by atoms with Gasteiger partial charge in [-0.2, -0.15) is 0 Å². The fraction of sp³-hybridized carbons (Fsp3) is 0.278. The molecule has 1 N–H and O–H groups in total. The summed E-state index contributed by atoms with van der Waals surface area (Å²) < 4.78 is 4.65. The summed E-state index contributed by atoms with van der Waals surface area (Å²) in [6.07, 6.45) is 1.63. The van der Waals surface area contributed by atoms with E-state index >= 15 is 0 Å². The van der Waals surface area contributed by atoms with Gasteiger partial charge in [-0.15, -0.1) is 0 Å². The van der Waals surface area contributed by atoms with E-state index in [0.29, 0.717) is 16.8 Å². The predicted octanol–water partition coefficient (Wildman–Crippen LogP) is 2.97. The van der Waals surface area contributed by atoms with Crippen molar-refractivity contribution in [2.75, 3.05) is 30.4 Å². The number of carbonyl (C=O) groups excluding carboxylic acids is 2. The number of amides is 1. The van der Waals surface area contributed by atoms with Gasteiger partial charge in [0.2, 0.25) is 0 Å². The van der Waals surface area contributed by atoms with E-state index in [4.69, 9.17) is 0 Å². The van der Waals surface area contributed by atoms with Crippen molar-refractivity contribution in [3.05, 3.63) is 53.7 Å². The van der Waals surface area contributed by atoms with Crippen LogP contribution in [0.4, 0.5) is 11.5 Å². The van der Waals surface area contributed by atoms with Crippen LogP contribution in [-0.2, 0) is 4.74 Å². The average Bonchev–Trinajstić information content (AvgIpc) is 2.63. The second-order valence-electron chi connectivity index (χ2n) is 5.10. The van der Waals surface area contributed by atoms with Crippen LogP contribution in [0.3, 0.4) is 0 Å². The highest BCUT2D eigenvalue weighted by atomic mass is 16.5. The van der Waals surface area contributed by atoms with Crippen LogP contribution < -0.4 is 10.2 Å². The van der Waals surface area contributed by atoms with Crippen LogP contribution in [-0.4, -0.2) is 37.1 Å². The van der Waals surface area contributed by atoms with Gasteiger partial charge in [-0.3, -0.25) is 4.79 Å². The molecule has 2 aromatic rings. The van der Waals surface area contributed by atoms with E-state index in [-0.39, 0.29) is 5.91 Å². The number of hydrogen-bond donors (Lipinski definition) is 1. The maximum Gasteiger partial charge on any atom is 0.337 e. The number of benzene rings is 1. The molecule has 126 valence electrons. The summed E-state index contributed by atoms with van der Waals surface area (Å²) in [4.78, 5) is 30.2. The minimum atomic E-state index is -0.411. The molecule has 6 heteroatoms. The van der Waals surface area contributed by atoms with Crippen molar-refractivity contribution in [3.8, 4) is 0 Å². The van der Waals surface area contributed by atoms with E-state index in [0.717, 1.165) is 18.9 Å². The summed E-state index contributed by atoms with van der Waals surface area (Å²) >= 11 is 0. The number of rotatable bonds is 6. The third-order valence-electron chi connectivity index (χ3n) is 3.66. The number of carbonyl (C=O) groups is 2. The largest absolute Gasteiger partial charge is 0.465 e. The summed E-state index contributed by atoms with van der Waals surface area (Å²) in [6.45, 7) is 5.73. The van der Waals surface area contributed by atoms with Crippen LogP contribution in [0.15, 0.2) is 42.6 Å². The molecule has 6 nitrogen and oxygen atoms in total. The van der Waals surface area contributed by atoms with E-state index in [1.54, 1.807) is 42.6 Å². The van der Waals surface area contributed by atoms with Gasteiger partial charge in [-0.25, -0.2) is 9.78 Å². The van der Waals surface area contributed by atoms with Crippen molar-refractivity contribution >= 4 is 23.4 Å². The van der Waals surface area contributed by atoms with Crippen molar-refractivity contribution in [1.29, 1.82) is 0 Å². The second kappa shape index (κ2) is 8.10. The number of methoxy groups -OCH3 is 1. The number of aromatic nitrogens is 1. The van der Waals surface area contributed by atoms with Crippen LogP contribution in [0.5, 0.6) is 0 Å². The molecule has 0 saturated carbocycles. The van der Waals surface area contributed by atoms with Crippen molar-refractivity contribution in [2.45, 2.75) is 13.8 Å². The normalized spacial score (nSPS) is 10.1. The second-order valence-corrected chi connectivity index (χ2v) is 5.10. The number of anilines is 2. The Morgan fingerprint density at radius 2 is 1.75 bits per heavy atom. The van der Waals surface area contributed by atoms with Crippen LogP contribution in [0.25, 0.3) is 0 Å². The molecule has 0 radical (unpaired) electrons. The molecule has 1 aromatic carbocycles. The molecule has 0 unspecified atom stereocenters. The molecule has 0 fully saturated rings. The molecule has 0 bridgehead atoms. The Morgan fingerprint density at radius 3 is 2.33 bits per heavy atom. The predicted molar refractivity (Wildman–Crippen MR) is 93.5 cm³/mol. The zero-order valence-electron chi connectivity index (χ0n) is 14.1. The monoisotopic (exact) mass is 327 g/mol. The first kappa shape index (κ1) is 17.5. The topological polar surface area (TPSA) is 71.5 Å². The van der Waals surface area contributed by atoms with Crippen LogP contribution >= 0.6 is 0 Å². The Hall–Kier alpha value is -2.89. The highest BCUT2D eigenvalue weighted by Gasteiger charge is 2.11. The molecule has 2 rings (SSSR count). The maximum absolute atomic E-state index is 12.4. The van der Waals surface area contributed by atoms with E-state index in [1.807, 2.05) is 13.8 Å². The number of hydrogen-bond acceptors (Lipinski definition) is 5. The Labute approximate surface area is 141 Å². The number of nitrogens with zero attached hydrogens (tertiary/aromatic N) is 2. The molecule has 24 heavy (non-hydrogen) atoms. The Bertz CT molecular complexity index is 710. The van der Waals surface area contributed by atoms with Crippen molar-refractivity contribution in [1.82, 2.24) is 4.98 Å².